The molecule has 2 amide bonds. The van der Waals surface area contributed by atoms with Crippen LogP contribution in [-0.4, -0.2) is 77.3 Å². The van der Waals surface area contributed by atoms with Crippen molar-refractivity contribution in [2.24, 2.45) is 17.8 Å². The number of likely N-dealkylation sites (tertiary alicyclic amines) is 2. The van der Waals surface area contributed by atoms with Gasteiger partial charge >= 0.3 is 0 Å². The second-order valence-corrected chi connectivity index (χ2v) is 11.8. The molecule has 1 N–H and O–H groups in total. The molecular formula is C31H36ClN5O3. The molecule has 6 rings (SSSR count). The molecule has 9 heteroatoms. The first-order valence-corrected chi connectivity index (χ1v) is 14.6. The summed E-state index contributed by atoms with van der Waals surface area (Å²) in [6.45, 7) is 7.52. The molecule has 3 aromatic rings. The van der Waals surface area contributed by atoms with Gasteiger partial charge in [0.2, 0.25) is 5.91 Å². The summed E-state index contributed by atoms with van der Waals surface area (Å²) in [5, 5.41) is 8.45. The quantitative estimate of drug-likeness (QED) is 0.447. The minimum Gasteiger partial charge on any atom is -0.381 e. The molecule has 0 saturated carbocycles. The molecule has 3 aliphatic heterocycles. The van der Waals surface area contributed by atoms with Crippen molar-refractivity contribution in [1.82, 2.24) is 24.9 Å². The molecule has 3 fully saturated rings. The lowest BCUT2D eigenvalue weighted by molar-refractivity contribution is -0.125. The smallest absolute Gasteiger partial charge is 0.257 e. The minimum absolute atomic E-state index is 0.0204. The van der Waals surface area contributed by atoms with Crippen molar-refractivity contribution in [3.05, 3.63) is 82.6 Å². The lowest BCUT2D eigenvalue weighted by Crippen LogP contribution is -2.37. The zero-order valence-electron chi connectivity index (χ0n) is 22.8. The fraction of sp³-hybridized carbons (Fsp3) is 0.452. The standard InChI is InChI=1S/C31H36ClN5O3/c1-21-28(15-33-37(21)27-9-7-26(32)8-10-27)31(39)36-18-24-16-35(17-25(24)19-36)13-11-29(22-5-3-2-4-6-22)34-30(38)23-12-14-40-20-23/h2-10,15,23-25,29H,11-14,16-20H2,1H3,(H,34,38)/t23?,24-,25?,29?/m0/s1. The number of benzene rings is 2. The van der Waals surface area contributed by atoms with Gasteiger partial charge in [0.15, 0.2) is 0 Å². The van der Waals surface area contributed by atoms with Crippen molar-refractivity contribution in [3.63, 3.8) is 0 Å². The van der Waals surface area contributed by atoms with E-state index in [1.54, 1.807) is 10.9 Å². The molecule has 4 heterocycles. The maximum Gasteiger partial charge on any atom is 0.257 e. The van der Waals surface area contributed by atoms with Crippen LogP contribution in [0.15, 0.2) is 60.8 Å². The van der Waals surface area contributed by atoms with Gasteiger partial charge in [0.1, 0.15) is 0 Å². The van der Waals surface area contributed by atoms with E-state index in [2.05, 4.69) is 27.4 Å². The van der Waals surface area contributed by atoms with Gasteiger partial charge in [0.05, 0.1) is 41.7 Å². The van der Waals surface area contributed by atoms with E-state index in [1.165, 1.54) is 0 Å². The van der Waals surface area contributed by atoms with Crippen LogP contribution >= 0.6 is 11.6 Å². The maximum absolute atomic E-state index is 13.5. The average molecular weight is 562 g/mol. The number of halogens is 1. The molecule has 1 aromatic heterocycles. The Balaban J connectivity index is 1.04. The molecule has 3 aliphatic rings. The third kappa shape index (κ3) is 5.66. The predicted molar refractivity (Wildman–Crippen MR) is 154 cm³/mol. The summed E-state index contributed by atoms with van der Waals surface area (Å²) < 4.78 is 7.22. The van der Waals surface area contributed by atoms with Crippen molar-refractivity contribution in [1.29, 1.82) is 0 Å². The molecule has 2 aromatic carbocycles. The number of nitrogens with one attached hydrogen (secondary N) is 1. The lowest BCUT2D eigenvalue weighted by atomic mass is 10.0. The molecule has 3 unspecified atom stereocenters. The van der Waals surface area contributed by atoms with Crippen LogP contribution in [0.2, 0.25) is 5.02 Å². The molecule has 0 bridgehead atoms. The Morgan fingerprint density at radius 3 is 2.45 bits per heavy atom. The van der Waals surface area contributed by atoms with Gasteiger partial charge in [-0.05, 0) is 61.4 Å². The van der Waals surface area contributed by atoms with E-state index < -0.39 is 0 Å². The highest BCUT2D eigenvalue weighted by molar-refractivity contribution is 6.30. The summed E-state index contributed by atoms with van der Waals surface area (Å²) in [5.74, 6) is 1.03. The number of aromatic nitrogens is 2. The van der Waals surface area contributed by atoms with Gasteiger partial charge in [-0.1, -0.05) is 41.9 Å². The van der Waals surface area contributed by atoms with Gasteiger partial charge in [-0.15, -0.1) is 0 Å². The lowest BCUT2D eigenvalue weighted by Gasteiger charge is -2.25. The molecule has 3 saturated heterocycles. The molecule has 0 aliphatic carbocycles. The van der Waals surface area contributed by atoms with Crippen LogP contribution in [0, 0.1) is 24.7 Å². The number of rotatable bonds is 8. The van der Waals surface area contributed by atoms with Gasteiger partial charge in [-0.3, -0.25) is 9.59 Å². The zero-order chi connectivity index (χ0) is 27.6. The first kappa shape index (κ1) is 27.0. The van der Waals surface area contributed by atoms with Crippen LogP contribution in [0.5, 0.6) is 0 Å². The summed E-state index contributed by atoms with van der Waals surface area (Å²) in [4.78, 5) is 30.8. The van der Waals surface area contributed by atoms with Gasteiger partial charge in [-0.25, -0.2) is 4.68 Å². The summed E-state index contributed by atoms with van der Waals surface area (Å²) in [7, 11) is 0. The summed E-state index contributed by atoms with van der Waals surface area (Å²) in [6, 6.07) is 17.7. The van der Waals surface area contributed by atoms with E-state index in [0.29, 0.717) is 35.6 Å². The van der Waals surface area contributed by atoms with Gasteiger partial charge in [-0.2, -0.15) is 5.10 Å². The molecule has 0 spiro atoms. The van der Waals surface area contributed by atoms with E-state index >= 15 is 0 Å². The number of hydrogen-bond acceptors (Lipinski definition) is 5. The molecule has 40 heavy (non-hydrogen) atoms. The average Bonchev–Trinajstić information content (AvgIpc) is 3.76. The Morgan fingerprint density at radius 1 is 1.05 bits per heavy atom. The van der Waals surface area contributed by atoms with E-state index in [1.807, 2.05) is 54.3 Å². The summed E-state index contributed by atoms with van der Waals surface area (Å²) in [5.41, 5.74) is 3.52. The Labute approximate surface area is 240 Å². The fourth-order valence-electron chi connectivity index (χ4n) is 6.42. The van der Waals surface area contributed by atoms with E-state index in [9.17, 15) is 9.59 Å². The highest BCUT2D eigenvalue weighted by atomic mass is 35.5. The predicted octanol–water partition coefficient (Wildman–Crippen LogP) is 4.12. The second kappa shape index (κ2) is 11.7. The van der Waals surface area contributed by atoms with Crippen LogP contribution in [-0.2, 0) is 9.53 Å². The van der Waals surface area contributed by atoms with Crippen molar-refractivity contribution in [2.45, 2.75) is 25.8 Å². The molecule has 8 nitrogen and oxygen atoms in total. The normalized spacial score (nSPS) is 23.4. The molecule has 4 atom stereocenters. The van der Waals surface area contributed by atoms with Crippen molar-refractivity contribution >= 4 is 23.4 Å². The van der Waals surface area contributed by atoms with Crippen LogP contribution in [0.1, 0.15) is 40.5 Å². The van der Waals surface area contributed by atoms with Crippen LogP contribution in [0.4, 0.5) is 0 Å². The van der Waals surface area contributed by atoms with Crippen molar-refractivity contribution in [2.75, 3.05) is 45.9 Å². The van der Waals surface area contributed by atoms with E-state index in [4.69, 9.17) is 16.3 Å². The molecule has 210 valence electrons. The Bertz CT molecular complexity index is 1320. The SMILES string of the molecule is Cc1c(C(=O)N2CC3CN(CCC(NC(=O)C4CCOC4)c4ccccc4)C[C@H]3C2)cnn1-c1ccc(Cl)cc1. The van der Waals surface area contributed by atoms with Crippen molar-refractivity contribution in [3.8, 4) is 5.69 Å². The zero-order valence-corrected chi connectivity index (χ0v) is 23.6. The summed E-state index contributed by atoms with van der Waals surface area (Å²) in [6.07, 6.45) is 3.33. The third-order valence-electron chi connectivity index (χ3n) is 8.71. The number of carbonyl (C=O) groups is 2. The van der Waals surface area contributed by atoms with Crippen molar-refractivity contribution < 1.29 is 14.3 Å². The monoisotopic (exact) mass is 561 g/mol. The Hall–Kier alpha value is -3.20. The van der Waals surface area contributed by atoms with Crippen LogP contribution in [0.3, 0.4) is 0 Å². The number of fused-ring (bicyclic) bond motifs is 1. The number of ether oxygens (including phenoxy) is 1. The topological polar surface area (TPSA) is 79.7 Å². The summed E-state index contributed by atoms with van der Waals surface area (Å²) >= 11 is 6.03. The van der Waals surface area contributed by atoms with Gasteiger partial charge in [0, 0.05) is 44.4 Å². The minimum atomic E-state index is -0.0530. The molecule has 0 radical (unpaired) electrons. The highest BCUT2D eigenvalue weighted by Crippen LogP contribution is 2.33. The number of hydrogen-bond donors (Lipinski definition) is 1. The van der Waals surface area contributed by atoms with E-state index in [0.717, 1.165) is 62.5 Å². The largest absolute Gasteiger partial charge is 0.381 e. The number of amides is 2. The fourth-order valence-corrected chi connectivity index (χ4v) is 6.55. The third-order valence-corrected chi connectivity index (χ3v) is 8.97. The van der Waals surface area contributed by atoms with E-state index in [-0.39, 0.29) is 23.8 Å². The first-order chi connectivity index (χ1) is 19.5. The van der Waals surface area contributed by atoms with Gasteiger partial charge in [0.25, 0.3) is 5.91 Å². The Morgan fingerprint density at radius 2 is 1.77 bits per heavy atom. The second-order valence-electron chi connectivity index (χ2n) is 11.3. The van der Waals surface area contributed by atoms with Gasteiger partial charge < -0.3 is 19.9 Å². The Kier molecular flexibility index (Phi) is 7.91. The van der Waals surface area contributed by atoms with Crippen LogP contribution < -0.4 is 5.32 Å². The number of carbonyl (C=O) groups excluding carboxylic acids is 2. The highest BCUT2D eigenvalue weighted by Gasteiger charge is 2.42. The maximum atomic E-state index is 13.5. The first-order valence-electron chi connectivity index (χ1n) is 14.2. The molecular weight excluding hydrogens is 526 g/mol. The number of nitrogens with zero attached hydrogens (tertiary/aromatic N) is 4. The van der Waals surface area contributed by atoms with Crippen LogP contribution in [0.25, 0.3) is 5.69 Å².